The summed E-state index contributed by atoms with van der Waals surface area (Å²) in [6.45, 7) is 0. The highest BCUT2D eigenvalue weighted by atomic mass is 15.1. The Labute approximate surface area is 219 Å². The average molecular weight is 486 g/mol. The van der Waals surface area contributed by atoms with Crippen LogP contribution in [0.25, 0.3) is 66.4 Å². The zero-order valence-corrected chi connectivity index (χ0v) is 20.6. The topological polar surface area (TPSA) is 22.8 Å². The van der Waals surface area contributed by atoms with Crippen LogP contribution in [0.2, 0.25) is 0 Å². The van der Waals surface area contributed by atoms with Gasteiger partial charge in [0, 0.05) is 32.8 Å². The Bertz CT molecular complexity index is 2020. The third-order valence-electron chi connectivity index (χ3n) is 7.54. The number of para-hydroxylation sites is 4. The number of benzene rings is 5. The monoisotopic (exact) mass is 485 g/mol. The maximum Gasteiger partial charge on any atom is 0.138 e. The molecular formula is C35H23N3. The highest BCUT2D eigenvalue weighted by Gasteiger charge is 2.14. The largest absolute Gasteiger partial charge is 0.309 e. The van der Waals surface area contributed by atoms with Crippen LogP contribution in [-0.2, 0) is 0 Å². The zero-order valence-electron chi connectivity index (χ0n) is 20.6. The van der Waals surface area contributed by atoms with Crippen LogP contribution in [0.15, 0.2) is 140 Å². The van der Waals surface area contributed by atoms with Crippen LogP contribution in [0, 0.1) is 0 Å². The van der Waals surface area contributed by atoms with Gasteiger partial charge in [-0.3, -0.25) is 4.57 Å². The first-order valence-electron chi connectivity index (χ1n) is 12.9. The molecule has 0 radical (unpaired) electrons. The van der Waals surface area contributed by atoms with E-state index in [0.717, 1.165) is 22.8 Å². The van der Waals surface area contributed by atoms with E-state index in [1.807, 2.05) is 0 Å². The number of aromatic nitrogens is 3. The molecule has 0 saturated heterocycles. The van der Waals surface area contributed by atoms with Gasteiger partial charge < -0.3 is 4.57 Å². The highest BCUT2D eigenvalue weighted by molar-refractivity contribution is 6.10. The molecule has 38 heavy (non-hydrogen) atoms. The van der Waals surface area contributed by atoms with E-state index >= 15 is 0 Å². The van der Waals surface area contributed by atoms with E-state index in [2.05, 4.69) is 149 Å². The van der Waals surface area contributed by atoms with E-state index in [9.17, 15) is 0 Å². The van der Waals surface area contributed by atoms with Crippen LogP contribution < -0.4 is 0 Å². The molecule has 0 unspecified atom stereocenters. The van der Waals surface area contributed by atoms with Gasteiger partial charge in [-0.05, 0) is 48.5 Å². The molecule has 0 aliphatic heterocycles. The number of rotatable bonds is 3. The van der Waals surface area contributed by atoms with Crippen LogP contribution in [0.3, 0.4) is 0 Å². The third kappa shape index (κ3) is 3.06. The zero-order chi connectivity index (χ0) is 25.1. The number of hydrogen-bond acceptors (Lipinski definition) is 1. The number of pyridine rings is 1. The van der Waals surface area contributed by atoms with Crippen LogP contribution in [0.4, 0.5) is 0 Å². The lowest BCUT2D eigenvalue weighted by atomic mass is 10.1. The lowest BCUT2D eigenvalue weighted by molar-refractivity contribution is 1.08. The summed E-state index contributed by atoms with van der Waals surface area (Å²) in [5, 5.41) is 5.03. The molecule has 0 aliphatic carbocycles. The number of fused-ring (bicyclic) bond motifs is 6. The van der Waals surface area contributed by atoms with Crippen molar-refractivity contribution >= 4 is 43.6 Å². The van der Waals surface area contributed by atoms with Crippen LogP contribution in [0.5, 0.6) is 0 Å². The molecule has 3 heteroatoms. The number of hydrogen-bond donors (Lipinski definition) is 0. The lowest BCUT2D eigenvalue weighted by Crippen LogP contribution is -1.98. The quantitative estimate of drug-likeness (QED) is 0.245. The molecule has 0 atom stereocenters. The minimum absolute atomic E-state index is 0.923. The fraction of sp³-hybridized carbons (Fsp3) is 0. The van der Waals surface area contributed by atoms with Crippen molar-refractivity contribution in [1.82, 2.24) is 14.1 Å². The fourth-order valence-electron chi connectivity index (χ4n) is 5.86. The molecule has 3 heterocycles. The van der Waals surface area contributed by atoms with Gasteiger partial charge in [0.15, 0.2) is 0 Å². The van der Waals surface area contributed by atoms with E-state index in [4.69, 9.17) is 4.98 Å². The highest BCUT2D eigenvalue weighted by Crippen LogP contribution is 2.34. The van der Waals surface area contributed by atoms with Crippen molar-refractivity contribution in [2.24, 2.45) is 0 Å². The second kappa shape index (κ2) is 8.19. The van der Waals surface area contributed by atoms with Gasteiger partial charge in [-0.15, -0.1) is 0 Å². The maximum atomic E-state index is 5.13. The van der Waals surface area contributed by atoms with Gasteiger partial charge in [0.1, 0.15) is 5.82 Å². The van der Waals surface area contributed by atoms with Crippen molar-refractivity contribution in [3.05, 3.63) is 140 Å². The van der Waals surface area contributed by atoms with Crippen molar-refractivity contribution in [3.8, 4) is 22.8 Å². The Morgan fingerprint density at radius 2 is 0.816 bits per heavy atom. The van der Waals surface area contributed by atoms with Gasteiger partial charge in [0.25, 0.3) is 0 Å². The van der Waals surface area contributed by atoms with Crippen LogP contribution >= 0.6 is 0 Å². The van der Waals surface area contributed by atoms with Crippen LogP contribution in [-0.4, -0.2) is 14.1 Å². The third-order valence-corrected chi connectivity index (χ3v) is 7.54. The Balaban J connectivity index is 1.25. The van der Waals surface area contributed by atoms with E-state index < -0.39 is 0 Å². The van der Waals surface area contributed by atoms with E-state index in [-0.39, 0.29) is 0 Å². The first-order chi connectivity index (χ1) is 18.9. The van der Waals surface area contributed by atoms with Crippen molar-refractivity contribution in [1.29, 1.82) is 0 Å². The van der Waals surface area contributed by atoms with Gasteiger partial charge in [-0.2, -0.15) is 0 Å². The fourth-order valence-corrected chi connectivity index (χ4v) is 5.86. The van der Waals surface area contributed by atoms with Crippen molar-refractivity contribution < 1.29 is 0 Å². The lowest BCUT2D eigenvalue weighted by Gasteiger charge is -2.11. The Hall–Kier alpha value is -5.15. The Morgan fingerprint density at radius 3 is 1.32 bits per heavy atom. The predicted octanol–water partition coefficient (Wildman–Crippen LogP) is 8.94. The van der Waals surface area contributed by atoms with Crippen molar-refractivity contribution in [2.45, 2.75) is 0 Å². The first kappa shape index (κ1) is 21.0. The molecule has 5 aromatic carbocycles. The summed E-state index contributed by atoms with van der Waals surface area (Å²) < 4.78 is 4.61. The molecule has 178 valence electrons. The molecule has 3 nitrogen and oxygen atoms in total. The van der Waals surface area contributed by atoms with Gasteiger partial charge in [-0.25, -0.2) is 4.98 Å². The number of nitrogens with zero attached hydrogens (tertiary/aromatic N) is 3. The molecule has 8 aromatic rings. The summed E-state index contributed by atoms with van der Waals surface area (Å²) in [7, 11) is 0. The summed E-state index contributed by atoms with van der Waals surface area (Å²) in [5.74, 6) is 0.923. The minimum atomic E-state index is 0.923. The van der Waals surface area contributed by atoms with Gasteiger partial charge in [0.2, 0.25) is 0 Å². The molecule has 0 bridgehead atoms. The van der Waals surface area contributed by atoms with Gasteiger partial charge >= 0.3 is 0 Å². The molecule has 8 rings (SSSR count). The normalized spacial score (nSPS) is 11.7. The van der Waals surface area contributed by atoms with Gasteiger partial charge in [-0.1, -0.05) is 91.0 Å². The standard InChI is InChI=1S/C35H23N3/c1-5-15-31-26(10-1)27-11-2-6-16-32(27)37(31)25-22-20-24(21-23-25)30-14-9-19-35(36-30)38-33-17-7-3-12-28(33)29-13-4-8-18-34(29)38/h1-23H. The second-order valence-corrected chi connectivity index (χ2v) is 9.67. The SMILES string of the molecule is c1cc(-c2ccc(-n3c4ccccc4c4ccccc43)cc2)nc(-n2c3ccccc3c3ccccc32)c1. The first-order valence-corrected chi connectivity index (χ1v) is 12.9. The smallest absolute Gasteiger partial charge is 0.138 e. The summed E-state index contributed by atoms with van der Waals surface area (Å²) in [6, 6.07) is 49.4. The summed E-state index contributed by atoms with van der Waals surface area (Å²) in [6.07, 6.45) is 0. The van der Waals surface area contributed by atoms with E-state index in [0.29, 0.717) is 0 Å². The average Bonchev–Trinajstić information content (AvgIpc) is 3.51. The molecule has 3 aromatic heterocycles. The molecular weight excluding hydrogens is 462 g/mol. The molecule has 0 N–H and O–H groups in total. The van der Waals surface area contributed by atoms with Crippen molar-refractivity contribution in [2.75, 3.05) is 0 Å². The van der Waals surface area contributed by atoms with E-state index in [1.54, 1.807) is 0 Å². The molecule has 0 amide bonds. The Morgan fingerprint density at radius 1 is 0.368 bits per heavy atom. The molecule has 0 saturated carbocycles. The summed E-state index contributed by atoms with van der Waals surface area (Å²) >= 11 is 0. The molecule has 0 aliphatic rings. The van der Waals surface area contributed by atoms with Gasteiger partial charge in [0.05, 0.1) is 27.8 Å². The second-order valence-electron chi connectivity index (χ2n) is 9.67. The summed E-state index contributed by atoms with van der Waals surface area (Å²) in [4.78, 5) is 5.13. The summed E-state index contributed by atoms with van der Waals surface area (Å²) in [5.41, 5.74) is 7.96. The predicted molar refractivity (Wildman–Crippen MR) is 158 cm³/mol. The van der Waals surface area contributed by atoms with Crippen molar-refractivity contribution in [3.63, 3.8) is 0 Å². The molecule has 0 fully saturated rings. The minimum Gasteiger partial charge on any atom is -0.309 e. The van der Waals surface area contributed by atoms with E-state index in [1.165, 1.54) is 43.6 Å². The maximum absolute atomic E-state index is 5.13. The Kier molecular flexibility index (Phi) is 4.52. The van der Waals surface area contributed by atoms with Crippen LogP contribution in [0.1, 0.15) is 0 Å². The molecule has 0 spiro atoms.